The highest BCUT2D eigenvalue weighted by molar-refractivity contribution is 6.35. The Balaban J connectivity index is 1.87. The van der Waals surface area contributed by atoms with Gasteiger partial charge in [0.25, 0.3) is 5.91 Å². The van der Waals surface area contributed by atoms with E-state index in [0.29, 0.717) is 35.3 Å². The molecule has 3 rings (SSSR count). The van der Waals surface area contributed by atoms with Crippen molar-refractivity contribution in [3.8, 4) is 0 Å². The summed E-state index contributed by atoms with van der Waals surface area (Å²) >= 11 is 12.2. The average Bonchev–Trinajstić information content (AvgIpc) is 2.86. The topological polar surface area (TPSA) is 53.7 Å². The van der Waals surface area contributed by atoms with Gasteiger partial charge in [-0.1, -0.05) is 23.2 Å². The van der Waals surface area contributed by atoms with Crippen LogP contribution in [0.15, 0.2) is 22.6 Å². The van der Waals surface area contributed by atoms with E-state index in [1.807, 2.05) is 6.07 Å². The first-order valence-electron chi connectivity index (χ1n) is 6.96. The van der Waals surface area contributed by atoms with Crippen LogP contribution in [0.25, 0.3) is 0 Å². The minimum absolute atomic E-state index is 0.182. The molecule has 0 unspecified atom stereocenters. The largest absolute Gasteiger partial charge is 0.453 e. The molecule has 1 aliphatic rings. The molecule has 0 fully saturated rings. The molecule has 116 valence electrons. The molecule has 0 saturated carbocycles. The highest BCUT2D eigenvalue weighted by Gasteiger charge is 2.27. The molecule has 1 N–H and O–H groups in total. The Morgan fingerprint density at radius 1 is 1.36 bits per heavy atom. The van der Waals surface area contributed by atoms with Gasteiger partial charge in [-0.05, 0) is 42.7 Å². The molecular weight excluding hydrogens is 325 g/mol. The monoisotopic (exact) mass is 339 g/mol. The summed E-state index contributed by atoms with van der Waals surface area (Å²) in [5.74, 6) is 0.490. The van der Waals surface area contributed by atoms with E-state index in [1.165, 1.54) is 0 Å². The number of carbonyl (C=O) groups is 1. The van der Waals surface area contributed by atoms with Crippen LogP contribution in [-0.2, 0) is 19.6 Å². The number of benzene rings is 1. The van der Waals surface area contributed by atoms with Gasteiger partial charge >= 0.3 is 0 Å². The maximum atomic E-state index is 12.6. The van der Waals surface area contributed by atoms with Gasteiger partial charge in [0.1, 0.15) is 12.4 Å². The van der Waals surface area contributed by atoms with Crippen molar-refractivity contribution in [1.29, 1.82) is 0 Å². The summed E-state index contributed by atoms with van der Waals surface area (Å²) in [6, 6.07) is 5.25. The summed E-state index contributed by atoms with van der Waals surface area (Å²) in [5, 5.41) is 10.3. The Labute approximate surface area is 138 Å². The first kappa shape index (κ1) is 15.4. The summed E-state index contributed by atoms with van der Waals surface area (Å²) in [7, 11) is 0. The summed E-state index contributed by atoms with van der Waals surface area (Å²) < 4.78 is 5.42. The molecule has 6 heteroatoms. The Hall–Kier alpha value is -1.49. The molecule has 0 spiro atoms. The third-order valence-corrected chi connectivity index (χ3v) is 4.41. The van der Waals surface area contributed by atoms with E-state index in [4.69, 9.17) is 32.7 Å². The molecule has 0 aliphatic carbocycles. The number of nitrogens with zero attached hydrogens (tertiary/aromatic N) is 1. The van der Waals surface area contributed by atoms with E-state index in [-0.39, 0.29) is 18.3 Å². The second-order valence-corrected chi connectivity index (χ2v) is 6.23. The van der Waals surface area contributed by atoms with Crippen LogP contribution in [0.2, 0.25) is 10.0 Å². The van der Waals surface area contributed by atoms with E-state index in [0.717, 1.165) is 16.7 Å². The lowest BCUT2D eigenvalue weighted by Gasteiger charge is -2.29. The first-order chi connectivity index (χ1) is 10.5. The fraction of sp³-hybridized carbons (Fsp3) is 0.312. The second-order valence-electron chi connectivity index (χ2n) is 5.38. The number of carbonyl (C=O) groups excluding carboxylic acids is 1. The van der Waals surface area contributed by atoms with Crippen molar-refractivity contribution < 1.29 is 14.3 Å². The number of aliphatic hydroxyl groups is 1. The van der Waals surface area contributed by atoms with Crippen LogP contribution in [0, 0.1) is 6.92 Å². The van der Waals surface area contributed by atoms with Gasteiger partial charge < -0.3 is 14.4 Å². The highest BCUT2D eigenvalue weighted by Crippen LogP contribution is 2.30. The maximum absolute atomic E-state index is 12.6. The molecule has 22 heavy (non-hydrogen) atoms. The zero-order valence-electron chi connectivity index (χ0n) is 12.0. The molecule has 0 atom stereocenters. The smallest absolute Gasteiger partial charge is 0.290 e. The average molecular weight is 340 g/mol. The molecule has 1 aliphatic heterocycles. The standard InChI is InChI=1S/C16H15Cl2NO3/c1-9-4-12(8-20)22-15(9)16(21)19-3-2-13-10(7-19)5-11(17)6-14(13)18/h4-6,20H,2-3,7-8H2,1H3. The number of furan rings is 1. The summed E-state index contributed by atoms with van der Waals surface area (Å²) in [5.41, 5.74) is 2.73. The third-order valence-electron chi connectivity index (χ3n) is 3.85. The van der Waals surface area contributed by atoms with Crippen molar-refractivity contribution in [3.63, 3.8) is 0 Å². The van der Waals surface area contributed by atoms with Gasteiger partial charge in [-0.3, -0.25) is 4.79 Å². The van der Waals surface area contributed by atoms with Crippen LogP contribution in [0.1, 0.15) is 33.0 Å². The molecule has 0 saturated heterocycles. The van der Waals surface area contributed by atoms with E-state index in [1.54, 1.807) is 24.0 Å². The molecule has 0 bridgehead atoms. The van der Waals surface area contributed by atoms with Crippen molar-refractivity contribution in [1.82, 2.24) is 4.90 Å². The lowest BCUT2D eigenvalue weighted by atomic mass is 9.99. The number of hydrogen-bond acceptors (Lipinski definition) is 3. The lowest BCUT2D eigenvalue weighted by molar-refractivity contribution is 0.0696. The number of amides is 1. The predicted molar refractivity (Wildman–Crippen MR) is 84.3 cm³/mol. The van der Waals surface area contributed by atoms with E-state index in [9.17, 15) is 4.79 Å². The van der Waals surface area contributed by atoms with E-state index >= 15 is 0 Å². The number of fused-ring (bicyclic) bond motifs is 1. The molecule has 1 amide bonds. The number of aliphatic hydroxyl groups excluding tert-OH is 1. The van der Waals surface area contributed by atoms with Gasteiger partial charge in [-0.15, -0.1) is 0 Å². The normalized spacial score (nSPS) is 14.1. The molecule has 0 radical (unpaired) electrons. The first-order valence-corrected chi connectivity index (χ1v) is 7.71. The summed E-state index contributed by atoms with van der Waals surface area (Å²) in [6.45, 7) is 2.59. The number of hydrogen-bond donors (Lipinski definition) is 1. The molecule has 4 nitrogen and oxygen atoms in total. The van der Waals surface area contributed by atoms with Crippen molar-refractivity contribution in [3.05, 3.63) is 56.5 Å². The Morgan fingerprint density at radius 3 is 2.82 bits per heavy atom. The van der Waals surface area contributed by atoms with Crippen molar-refractivity contribution in [2.24, 2.45) is 0 Å². The van der Waals surface area contributed by atoms with Crippen molar-refractivity contribution >= 4 is 29.1 Å². The van der Waals surface area contributed by atoms with Crippen LogP contribution in [0.5, 0.6) is 0 Å². The van der Waals surface area contributed by atoms with Gasteiger partial charge in [-0.2, -0.15) is 0 Å². The van der Waals surface area contributed by atoms with Gasteiger partial charge in [-0.25, -0.2) is 0 Å². The van der Waals surface area contributed by atoms with Crippen LogP contribution in [-0.4, -0.2) is 22.5 Å². The molecule has 1 aromatic carbocycles. The van der Waals surface area contributed by atoms with Gasteiger partial charge in [0, 0.05) is 28.7 Å². The zero-order valence-corrected chi connectivity index (χ0v) is 13.5. The van der Waals surface area contributed by atoms with Crippen LogP contribution >= 0.6 is 23.2 Å². The summed E-state index contributed by atoms with van der Waals surface area (Å²) in [4.78, 5) is 14.3. The van der Waals surface area contributed by atoms with E-state index in [2.05, 4.69) is 0 Å². The van der Waals surface area contributed by atoms with Crippen molar-refractivity contribution in [2.75, 3.05) is 6.54 Å². The third kappa shape index (κ3) is 2.74. The van der Waals surface area contributed by atoms with Crippen molar-refractivity contribution in [2.45, 2.75) is 26.5 Å². The highest BCUT2D eigenvalue weighted by atomic mass is 35.5. The van der Waals surface area contributed by atoms with Crippen LogP contribution in [0.3, 0.4) is 0 Å². The minimum Gasteiger partial charge on any atom is -0.453 e. The Morgan fingerprint density at radius 2 is 2.14 bits per heavy atom. The molecular formula is C16H15Cl2NO3. The molecule has 1 aromatic heterocycles. The SMILES string of the molecule is Cc1cc(CO)oc1C(=O)N1CCc2c(Cl)cc(Cl)cc2C1. The quantitative estimate of drug-likeness (QED) is 0.909. The lowest BCUT2D eigenvalue weighted by Crippen LogP contribution is -2.36. The second kappa shape index (κ2) is 5.95. The molecule has 2 aromatic rings. The minimum atomic E-state index is -0.220. The number of halogens is 2. The van der Waals surface area contributed by atoms with Gasteiger partial charge in [0.05, 0.1) is 0 Å². The fourth-order valence-corrected chi connectivity index (χ4v) is 3.39. The molecule has 2 heterocycles. The van der Waals surface area contributed by atoms with Gasteiger partial charge in [0.2, 0.25) is 0 Å². The zero-order chi connectivity index (χ0) is 15.9. The Kier molecular flexibility index (Phi) is 4.17. The fourth-order valence-electron chi connectivity index (χ4n) is 2.76. The van der Waals surface area contributed by atoms with Crippen LogP contribution < -0.4 is 0 Å². The van der Waals surface area contributed by atoms with Gasteiger partial charge in [0.15, 0.2) is 5.76 Å². The number of rotatable bonds is 2. The van der Waals surface area contributed by atoms with Crippen LogP contribution in [0.4, 0.5) is 0 Å². The number of aryl methyl sites for hydroxylation is 1. The predicted octanol–water partition coefficient (Wildman–Crippen LogP) is 3.59. The Bertz CT molecular complexity index is 739. The van der Waals surface area contributed by atoms with E-state index < -0.39 is 0 Å². The summed E-state index contributed by atoms with van der Waals surface area (Å²) in [6.07, 6.45) is 0.684. The maximum Gasteiger partial charge on any atom is 0.290 e.